The van der Waals surface area contributed by atoms with Crippen LogP contribution in [0.3, 0.4) is 0 Å². The molecule has 26 heavy (non-hydrogen) atoms. The second-order valence-electron chi connectivity index (χ2n) is 7.14. The summed E-state index contributed by atoms with van der Waals surface area (Å²) in [5.74, 6) is 0.0342. The first-order chi connectivity index (χ1) is 12.7. The molecule has 1 fully saturated rings. The molecule has 0 spiro atoms. The van der Waals surface area contributed by atoms with Gasteiger partial charge in [0.2, 0.25) is 0 Å². The average Bonchev–Trinajstić information content (AvgIpc) is 3.12. The smallest absolute Gasteiger partial charge is 0.254 e. The SMILES string of the molecule is Cc1ccc(CN(C(=O)[C@@H]2COCCO2)[C@H]2CCc3ccccc32)cc1. The highest BCUT2D eigenvalue weighted by Crippen LogP contribution is 2.37. The van der Waals surface area contributed by atoms with E-state index >= 15 is 0 Å². The third kappa shape index (κ3) is 3.53. The van der Waals surface area contributed by atoms with Crippen LogP contribution in [0.4, 0.5) is 0 Å². The van der Waals surface area contributed by atoms with Gasteiger partial charge in [-0.15, -0.1) is 0 Å². The summed E-state index contributed by atoms with van der Waals surface area (Å²) >= 11 is 0. The molecule has 0 unspecified atom stereocenters. The number of ether oxygens (including phenoxy) is 2. The minimum atomic E-state index is -0.498. The van der Waals surface area contributed by atoms with Crippen LogP contribution in [0, 0.1) is 6.92 Å². The Morgan fingerprint density at radius 1 is 1.12 bits per heavy atom. The highest BCUT2D eigenvalue weighted by molar-refractivity contribution is 5.82. The normalized spacial score (nSPS) is 22.0. The number of aryl methyl sites for hydroxylation is 2. The molecular weight excluding hydrogens is 326 g/mol. The first-order valence-electron chi connectivity index (χ1n) is 9.35. The first-order valence-corrected chi connectivity index (χ1v) is 9.35. The molecule has 0 radical (unpaired) electrons. The van der Waals surface area contributed by atoms with E-state index in [-0.39, 0.29) is 11.9 Å². The van der Waals surface area contributed by atoms with Crippen molar-refractivity contribution in [1.82, 2.24) is 4.90 Å². The zero-order valence-electron chi connectivity index (χ0n) is 15.2. The molecule has 2 aliphatic rings. The first kappa shape index (κ1) is 17.3. The van der Waals surface area contributed by atoms with Crippen molar-refractivity contribution in [1.29, 1.82) is 0 Å². The Morgan fingerprint density at radius 2 is 1.92 bits per heavy atom. The minimum absolute atomic E-state index is 0.0342. The van der Waals surface area contributed by atoms with E-state index in [1.54, 1.807) is 0 Å². The summed E-state index contributed by atoms with van der Waals surface area (Å²) in [6.07, 6.45) is 1.48. The van der Waals surface area contributed by atoms with E-state index in [0.717, 1.165) is 18.4 Å². The number of amides is 1. The second-order valence-corrected chi connectivity index (χ2v) is 7.14. The lowest BCUT2D eigenvalue weighted by Gasteiger charge is -2.34. The Bertz CT molecular complexity index is 765. The van der Waals surface area contributed by atoms with Gasteiger partial charge in [0, 0.05) is 6.54 Å². The molecule has 0 aromatic heterocycles. The van der Waals surface area contributed by atoms with Crippen LogP contribution in [0.5, 0.6) is 0 Å². The van der Waals surface area contributed by atoms with E-state index in [4.69, 9.17) is 9.47 Å². The topological polar surface area (TPSA) is 38.8 Å². The highest BCUT2D eigenvalue weighted by atomic mass is 16.6. The molecular formula is C22H25NO3. The predicted octanol–water partition coefficient (Wildman–Crippen LogP) is 3.43. The fourth-order valence-electron chi connectivity index (χ4n) is 3.91. The summed E-state index contributed by atoms with van der Waals surface area (Å²) in [6.45, 7) is 4.06. The number of hydrogen-bond donors (Lipinski definition) is 0. The number of benzene rings is 2. The van der Waals surface area contributed by atoms with Crippen LogP contribution in [0.1, 0.15) is 34.7 Å². The van der Waals surface area contributed by atoms with Crippen molar-refractivity contribution in [3.05, 3.63) is 70.8 Å². The van der Waals surface area contributed by atoms with Crippen LogP contribution in [-0.2, 0) is 27.2 Å². The van der Waals surface area contributed by atoms with E-state index in [0.29, 0.717) is 26.4 Å². The summed E-state index contributed by atoms with van der Waals surface area (Å²) in [6, 6.07) is 17.0. The standard InChI is InChI=1S/C22H25NO3/c1-16-6-8-17(9-7-16)14-23(22(24)21-15-25-12-13-26-21)20-11-10-18-4-2-3-5-19(18)20/h2-9,20-21H,10-15H2,1H3/t20-,21-/m0/s1. The molecule has 0 N–H and O–H groups in total. The maximum atomic E-state index is 13.3. The van der Waals surface area contributed by atoms with E-state index in [2.05, 4.69) is 55.5 Å². The zero-order valence-corrected chi connectivity index (χ0v) is 15.2. The summed E-state index contributed by atoms with van der Waals surface area (Å²) < 4.78 is 11.2. The van der Waals surface area contributed by atoms with Crippen LogP contribution in [0.2, 0.25) is 0 Å². The maximum absolute atomic E-state index is 13.3. The van der Waals surface area contributed by atoms with Crippen LogP contribution in [-0.4, -0.2) is 36.7 Å². The molecule has 1 amide bonds. The molecule has 1 saturated heterocycles. The molecule has 2 atom stereocenters. The van der Waals surface area contributed by atoms with Crippen molar-refractivity contribution in [3.8, 4) is 0 Å². The number of fused-ring (bicyclic) bond motifs is 1. The van der Waals surface area contributed by atoms with Gasteiger partial charge in [0.1, 0.15) is 0 Å². The lowest BCUT2D eigenvalue weighted by Crippen LogP contribution is -2.46. The number of carbonyl (C=O) groups excluding carboxylic acids is 1. The summed E-state index contributed by atoms with van der Waals surface area (Å²) in [5, 5.41) is 0. The lowest BCUT2D eigenvalue weighted by molar-refractivity contribution is -0.161. The van der Waals surface area contributed by atoms with Crippen LogP contribution >= 0.6 is 0 Å². The van der Waals surface area contributed by atoms with E-state index in [9.17, 15) is 4.79 Å². The summed E-state index contributed by atoms with van der Waals surface area (Å²) in [5.41, 5.74) is 4.98. The van der Waals surface area contributed by atoms with E-state index < -0.39 is 6.10 Å². The van der Waals surface area contributed by atoms with Crippen molar-refractivity contribution < 1.29 is 14.3 Å². The summed E-state index contributed by atoms with van der Waals surface area (Å²) in [4.78, 5) is 15.3. The molecule has 136 valence electrons. The molecule has 1 heterocycles. The maximum Gasteiger partial charge on any atom is 0.254 e. The molecule has 4 rings (SSSR count). The molecule has 2 aromatic rings. The third-order valence-electron chi connectivity index (χ3n) is 5.33. The van der Waals surface area contributed by atoms with Gasteiger partial charge in [0.05, 0.1) is 25.9 Å². The summed E-state index contributed by atoms with van der Waals surface area (Å²) in [7, 11) is 0. The zero-order chi connectivity index (χ0) is 17.9. The van der Waals surface area contributed by atoms with Crippen LogP contribution in [0.15, 0.2) is 48.5 Å². The molecule has 1 aliphatic heterocycles. The van der Waals surface area contributed by atoms with Crippen molar-refractivity contribution in [2.24, 2.45) is 0 Å². The highest BCUT2D eigenvalue weighted by Gasteiger charge is 2.35. The fourth-order valence-corrected chi connectivity index (χ4v) is 3.91. The largest absolute Gasteiger partial charge is 0.376 e. The number of hydrogen-bond acceptors (Lipinski definition) is 3. The second kappa shape index (κ2) is 7.60. The Morgan fingerprint density at radius 3 is 2.69 bits per heavy atom. The lowest BCUT2D eigenvalue weighted by atomic mass is 10.0. The van der Waals surface area contributed by atoms with Gasteiger partial charge >= 0.3 is 0 Å². The molecule has 1 aliphatic carbocycles. The van der Waals surface area contributed by atoms with Crippen molar-refractivity contribution in [2.45, 2.75) is 38.5 Å². The van der Waals surface area contributed by atoms with Gasteiger partial charge in [0.15, 0.2) is 6.10 Å². The van der Waals surface area contributed by atoms with Crippen LogP contribution in [0.25, 0.3) is 0 Å². The molecule has 0 saturated carbocycles. The van der Waals surface area contributed by atoms with E-state index in [1.807, 2.05) is 4.90 Å². The van der Waals surface area contributed by atoms with Gasteiger partial charge in [-0.05, 0) is 36.5 Å². The average molecular weight is 351 g/mol. The number of carbonyl (C=O) groups is 1. The monoisotopic (exact) mass is 351 g/mol. The number of nitrogens with zero attached hydrogens (tertiary/aromatic N) is 1. The molecule has 0 bridgehead atoms. The van der Waals surface area contributed by atoms with Gasteiger partial charge in [-0.3, -0.25) is 4.79 Å². The number of rotatable bonds is 4. The third-order valence-corrected chi connectivity index (χ3v) is 5.33. The minimum Gasteiger partial charge on any atom is -0.376 e. The Kier molecular flexibility index (Phi) is 5.05. The Hall–Kier alpha value is -2.17. The van der Waals surface area contributed by atoms with Crippen molar-refractivity contribution in [2.75, 3.05) is 19.8 Å². The van der Waals surface area contributed by atoms with Gasteiger partial charge in [-0.25, -0.2) is 0 Å². The van der Waals surface area contributed by atoms with Gasteiger partial charge in [-0.2, -0.15) is 0 Å². The Balaban J connectivity index is 1.62. The van der Waals surface area contributed by atoms with Crippen molar-refractivity contribution >= 4 is 5.91 Å². The van der Waals surface area contributed by atoms with Crippen LogP contribution < -0.4 is 0 Å². The molecule has 2 aromatic carbocycles. The molecule has 4 nitrogen and oxygen atoms in total. The van der Waals surface area contributed by atoms with Gasteiger partial charge in [0.25, 0.3) is 5.91 Å². The Labute approximate surface area is 154 Å². The molecule has 4 heteroatoms. The quantitative estimate of drug-likeness (QED) is 0.847. The predicted molar refractivity (Wildman–Crippen MR) is 99.8 cm³/mol. The van der Waals surface area contributed by atoms with Gasteiger partial charge in [-0.1, -0.05) is 54.1 Å². The van der Waals surface area contributed by atoms with Crippen molar-refractivity contribution in [3.63, 3.8) is 0 Å². The van der Waals surface area contributed by atoms with E-state index in [1.165, 1.54) is 16.7 Å². The fraction of sp³-hybridized carbons (Fsp3) is 0.409. The van der Waals surface area contributed by atoms with Gasteiger partial charge < -0.3 is 14.4 Å².